The summed E-state index contributed by atoms with van der Waals surface area (Å²) in [6.45, 7) is 2.50. The molecule has 36 valence electrons. The Balaban J connectivity index is 0.000000250. The van der Waals surface area contributed by atoms with E-state index >= 15 is 0 Å². The molecule has 0 saturated carbocycles. The lowest BCUT2D eigenvalue weighted by Gasteiger charge is -1.76. The van der Waals surface area contributed by atoms with Crippen LogP contribution in [0, 0.1) is 0 Å². The van der Waals surface area contributed by atoms with Crippen LogP contribution in [0.3, 0.4) is 0 Å². The third-order valence-electron chi connectivity index (χ3n) is 0.957. The molecule has 0 spiro atoms. The average Bonchev–Trinajstić information content (AvgIpc) is 1.76. The monoisotopic (exact) mass is 85.1 g/mol. The van der Waals surface area contributed by atoms with E-state index < -0.39 is 0 Å². The topological polar surface area (TPSA) is 12.0 Å². The van der Waals surface area contributed by atoms with Gasteiger partial charge in [-0.25, -0.2) is 0 Å². The SMILES string of the molecule is B.C1CCNC1. The zero-order valence-electron chi connectivity index (χ0n) is 3.33. The van der Waals surface area contributed by atoms with Crippen molar-refractivity contribution in [2.45, 2.75) is 12.8 Å². The lowest BCUT2D eigenvalue weighted by atomic mass is 10.4. The minimum atomic E-state index is 0. The van der Waals surface area contributed by atoms with E-state index in [-0.39, 0.29) is 8.41 Å². The molecule has 0 aliphatic carbocycles. The molecule has 1 N–H and O–H groups in total. The van der Waals surface area contributed by atoms with Gasteiger partial charge in [-0.3, -0.25) is 0 Å². The Hall–Kier alpha value is 0.0249. The van der Waals surface area contributed by atoms with Gasteiger partial charge in [-0.2, -0.15) is 0 Å². The molecule has 0 aromatic heterocycles. The van der Waals surface area contributed by atoms with Crippen molar-refractivity contribution in [2.75, 3.05) is 13.1 Å². The van der Waals surface area contributed by atoms with E-state index in [0.717, 1.165) is 0 Å². The van der Waals surface area contributed by atoms with Crippen molar-refractivity contribution >= 4 is 8.41 Å². The lowest BCUT2D eigenvalue weighted by Crippen LogP contribution is -2.03. The maximum atomic E-state index is 3.22. The van der Waals surface area contributed by atoms with E-state index in [0.29, 0.717) is 0 Å². The molecule has 0 atom stereocenters. The molecule has 0 bridgehead atoms. The Morgan fingerprint density at radius 1 is 1.00 bits per heavy atom. The van der Waals surface area contributed by atoms with E-state index in [9.17, 15) is 0 Å². The number of rotatable bonds is 0. The molecule has 1 aliphatic rings. The molecule has 1 heterocycles. The standard InChI is InChI=1S/C4H9N.BH3/c1-2-4-5-3-1;/h5H,1-4H2;1H3. The molecule has 1 aliphatic heterocycles. The van der Waals surface area contributed by atoms with Crippen LogP contribution in [0.25, 0.3) is 0 Å². The van der Waals surface area contributed by atoms with Gasteiger partial charge in [0.2, 0.25) is 0 Å². The van der Waals surface area contributed by atoms with Crippen LogP contribution in [-0.2, 0) is 0 Å². The van der Waals surface area contributed by atoms with Crippen LogP contribution >= 0.6 is 0 Å². The van der Waals surface area contributed by atoms with Gasteiger partial charge in [0.15, 0.2) is 0 Å². The zero-order chi connectivity index (χ0) is 3.54. The molecule has 1 saturated heterocycles. The van der Waals surface area contributed by atoms with Crippen molar-refractivity contribution in [1.82, 2.24) is 5.32 Å². The summed E-state index contributed by atoms with van der Waals surface area (Å²) in [6, 6.07) is 0. The Bertz CT molecular complexity index is 19.1. The second-order valence-corrected chi connectivity index (χ2v) is 1.46. The van der Waals surface area contributed by atoms with E-state index in [1.165, 1.54) is 25.9 Å². The van der Waals surface area contributed by atoms with E-state index in [1.54, 1.807) is 0 Å². The third kappa shape index (κ3) is 1.46. The van der Waals surface area contributed by atoms with Crippen molar-refractivity contribution in [3.63, 3.8) is 0 Å². The summed E-state index contributed by atoms with van der Waals surface area (Å²) in [5.41, 5.74) is 0. The van der Waals surface area contributed by atoms with Gasteiger partial charge >= 0.3 is 0 Å². The summed E-state index contributed by atoms with van der Waals surface area (Å²) in [5.74, 6) is 0. The van der Waals surface area contributed by atoms with Crippen molar-refractivity contribution in [1.29, 1.82) is 0 Å². The molecular formula is C4H12BN. The summed E-state index contributed by atoms with van der Waals surface area (Å²) in [5, 5.41) is 3.22. The van der Waals surface area contributed by atoms with Gasteiger partial charge in [0.05, 0.1) is 8.41 Å². The van der Waals surface area contributed by atoms with Crippen LogP contribution in [0.5, 0.6) is 0 Å². The molecule has 0 aromatic rings. The molecule has 1 nitrogen and oxygen atoms in total. The van der Waals surface area contributed by atoms with Crippen LogP contribution in [-0.4, -0.2) is 21.5 Å². The predicted octanol–water partition coefficient (Wildman–Crippen LogP) is -0.814. The first-order valence-corrected chi connectivity index (χ1v) is 2.21. The Labute approximate surface area is 40.7 Å². The summed E-state index contributed by atoms with van der Waals surface area (Å²) < 4.78 is 0. The highest BCUT2D eigenvalue weighted by Gasteiger charge is 1.93. The Kier molecular flexibility index (Phi) is 3.24. The highest BCUT2D eigenvalue weighted by molar-refractivity contribution is 5.75. The van der Waals surface area contributed by atoms with Crippen LogP contribution in [0.15, 0.2) is 0 Å². The van der Waals surface area contributed by atoms with Gasteiger partial charge in [-0.05, 0) is 25.9 Å². The van der Waals surface area contributed by atoms with Crippen molar-refractivity contribution < 1.29 is 0 Å². The van der Waals surface area contributed by atoms with E-state index in [2.05, 4.69) is 5.32 Å². The number of nitrogens with one attached hydrogen (secondary N) is 1. The molecule has 1 fully saturated rings. The quantitative estimate of drug-likeness (QED) is 0.379. The molecular weight excluding hydrogens is 72.9 g/mol. The van der Waals surface area contributed by atoms with Gasteiger partial charge in [-0.1, -0.05) is 0 Å². The molecule has 0 amide bonds. The smallest absolute Gasteiger partial charge is 0.0814 e. The molecule has 6 heavy (non-hydrogen) atoms. The fourth-order valence-electron chi connectivity index (χ4n) is 0.625. The summed E-state index contributed by atoms with van der Waals surface area (Å²) in [7, 11) is 0. The minimum absolute atomic E-state index is 0. The van der Waals surface area contributed by atoms with Crippen LogP contribution in [0.2, 0.25) is 0 Å². The first-order chi connectivity index (χ1) is 2.50. The van der Waals surface area contributed by atoms with Crippen molar-refractivity contribution in [3.8, 4) is 0 Å². The maximum absolute atomic E-state index is 3.22. The van der Waals surface area contributed by atoms with Gasteiger partial charge in [-0.15, -0.1) is 0 Å². The van der Waals surface area contributed by atoms with Gasteiger partial charge in [0.1, 0.15) is 0 Å². The normalized spacial score (nSPS) is 20.0. The van der Waals surface area contributed by atoms with Crippen LogP contribution in [0.1, 0.15) is 12.8 Å². The van der Waals surface area contributed by atoms with Crippen LogP contribution < -0.4 is 5.32 Å². The lowest BCUT2D eigenvalue weighted by molar-refractivity contribution is 0.857. The van der Waals surface area contributed by atoms with Crippen molar-refractivity contribution in [2.24, 2.45) is 0 Å². The maximum Gasteiger partial charge on any atom is 0.0814 e. The van der Waals surface area contributed by atoms with Gasteiger partial charge in [0, 0.05) is 0 Å². The molecule has 0 unspecified atom stereocenters. The number of hydrogen-bond donors (Lipinski definition) is 1. The van der Waals surface area contributed by atoms with Crippen LogP contribution in [0.4, 0.5) is 0 Å². The Morgan fingerprint density at radius 2 is 1.50 bits per heavy atom. The third-order valence-corrected chi connectivity index (χ3v) is 0.957. The second-order valence-electron chi connectivity index (χ2n) is 1.46. The summed E-state index contributed by atoms with van der Waals surface area (Å²) in [4.78, 5) is 0. The molecule has 2 heteroatoms. The first-order valence-electron chi connectivity index (χ1n) is 2.21. The van der Waals surface area contributed by atoms with Gasteiger partial charge in [0.25, 0.3) is 0 Å². The predicted molar refractivity (Wildman–Crippen MR) is 32.0 cm³/mol. The summed E-state index contributed by atoms with van der Waals surface area (Å²) in [6.07, 6.45) is 2.78. The van der Waals surface area contributed by atoms with Gasteiger partial charge < -0.3 is 5.32 Å². The minimum Gasteiger partial charge on any atom is -0.317 e. The Morgan fingerprint density at radius 3 is 1.67 bits per heavy atom. The summed E-state index contributed by atoms with van der Waals surface area (Å²) >= 11 is 0. The largest absolute Gasteiger partial charge is 0.317 e. The molecule has 1 rings (SSSR count). The second kappa shape index (κ2) is 3.22. The fourth-order valence-corrected chi connectivity index (χ4v) is 0.625. The number of hydrogen-bond acceptors (Lipinski definition) is 1. The average molecular weight is 85.0 g/mol. The molecule has 0 aromatic carbocycles. The highest BCUT2D eigenvalue weighted by atomic mass is 14.9. The van der Waals surface area contributed by atoms with E-state index in [1.807, 2.05) is 0 Å². The van der Waals surface area contributed by atoms with Crippen molar-refractivity contribution in [3.05, 3.63) is 0 Å². The highest BCUT2D eigenvalue weighted by Crippen LogP contribution is 1.90. The zero-order valence-corrected chi connectivity index (χ0v) is 3.33. The first kappa shape index (κ1) is 6.02. The van der Waals surface area contributed by atoms with E-state index in [4.69, 9.17) is 0 Å². The molecule has 0 radical (unpaired) electrons. The fraction of sp³-hybridized carbons (Fsp3) is 1.00.